The second-order valence-electron chi connectivity index (χ2n) is 9.15. The van der Waals surface area contributed by atoms with Crippen LogP contribution >= 0.6 is 23.4 Å². The maximum Gasteiger partial charge on any atom is 0.264 e. The molecule has 5 rings (SSSR count). The van der Waals surface area contributed by atoms with E-state index in [1.54, 1.807) is 41.0 Å². The largest absolute Gasteiger partial charge is 0.378 e. The molecule has 0 spiro atoms. The van der Waals surface area contributed by atoms with Crippen molar-refractivity contribution in [1.82, 2.24) is 0 Å². The van der Waals surface area contributed by atoms with Gasteiger partial charge in [-0.15, -0.1) is 11.8 Å². The Kier molecular flexibility index (Phi) is 7.53. The lowest BCUT2D eigenvalue weighted by Crippen LogP contribution is -2.26. The van der Waals surface area contributed by atoms with Crippen molar-refractivity contribution in [3.8, 4) is 0 Å². The first-order valence-electron chi connectivity index (χ1n) is 12.2. The number of fused-ring (bicyclic) bond motifs is 2. The molecule has 1 aliphatic heterocycles. The van der Waals surface area contributed by atoms with Gasteiger partial charge in [-0.3, -0.25) is 9.59 Å². The van der Waals surface area contributed by atoms with Gasteiger partial charge in [0.25, 0.3) is 5.91 Å². The topological polar surface area (TPSA) is 87.8 Å². The van der Waals surface area contributed by atoms with Crippen LogP contribution in [0.1, 0.15) is 40.7 Å². The summed E-state index contributed by atoms with van der Waals surface area (Å²) in [6, 6.07) is 17.4. The minimum absolute atomic E-state index is 0.0773. The van der Waals surface area contributed by atoms with Gasteiger partial charge in [-0.2, -0.15) is 5.10 Å². The number of anilines is 2. The van der Waals surface area contributed by atoms with Crippen molar-refractivity contribution in [1.29, 1.82) is 0 Å². The van der Waals surface area contributed by atoms with Gasteiger partial charge in [0.1, 0.15) is 11.5 Å². The molecule has 1 heterocycles. The van der Waals surface area contributed by atoms with Gasteiger partial charge >= 0.3 is 0 Å². The van der Waals surface area contributed by atoms with Crippen molar-refractivity contribution >= 4 is 57.8 Å². The summed E-state index contributed by atoms with van der Waals surface area (Å²) in [5.41, 5.74) is 11.9. The van der Waals surface area contributed by atoms with Crippen LogP contribution in [0.2, 0.25) is 5.02 Å². The fourth-order valence-corrected chi connectivity index (χ4v) is 5.44. The van der Waals surface area contributed by atoms with E-state index in [9.17, 15) is 14.0 Å². The monoisotopic (exact) mass is 548 g/mol. The molecule has 0 saturated heterocycles. The van der Waals surface area contributed by atoms with E-state index in [0.717, 1.165) is 45.8 Å². The standard InChI is InChI=1S/C29H26ClFN4O2S/c1-38-22-11-12-25(30)24(15-22)27(36)16-33-20-8-4-17-2-3-18-5-13-26(29(32)37)34-35(28(18)23(17)14-20)21-9-6-19(31)7-10-21/h4,6-12,14-15,33H,2-3,5,13,16H2,1H3,(H2,32,37). The molecule has 0 atom stereocenters. The molecule has 0 radical (unpaired) electrons. The predicted molar refractivity (Wildman–Crippen MR) is 152 cm³/mol. The fourth-order valence-electron chi connectivity index (χ4n) is 4.78. The summed E-state index contributed by atoms with van der Waals surface area (Å²) in [6.45, 7) is 0.0773. The SMILES string of the molecule is CSc1ccc(Cl)c(C(=O)CNc2ccc3c(c2)C2=C(CCC(C(N)=O)=NN2c2ccc(F)cc2)CC3)c1. The number of nitrogens with one attached hydrogen (secondary N) is 1. The molecule has 2 aliphatic rings. The Balaban J connectivity index is 1.48. The number of ketones is 1. The first kappa shape index (κ1) is 26.0. The number of allylic oxidation sites excluding steroid dienone is 1. The Labute approximate surface area is 229 Å². The van der Waals surface area contributed by atoms with Crippen molar-refractivity contribution < 1.29 is 14.0 Å². The Morgan fingerprint density at radius 2 is 1.82 bits per heavy atom. The van der Waals surface area contributed by atoms with E-state index in [0.29, 0.717) is 29.1 Å². The zero-order chi connectivity index (χ0) is 26.8. The van der Waals surface area contributed by atoms with Crippen molar-refractivity contribution in [2.24, 2.45) is 10.8 Å². The number of primary amides is 1. The highest BCUT2D eigenvalue weighted by molar-refractivity contribution is 7.98. The van der Waals surface area contributed by atoms with Crippen molar-refractivity contribution in [3.05, 3.63) is 93.8 Å². The normalized spacial score (nSPS) is 14.8. The van der Waals surface area contributed by atoms with Crippen LogP contribution in [-0.4, -0.2) is 30.2 Å². The zero-order valence-electron chi connectivity index (χ0n) is 20.8. The molecule has 1 aliphatic carbocycles. The quantitative estimate of drug-likeness (QED) is 0.267. The lowest BCUT2D eigenvalue weighted by atomic mass is 9.86. The van der Waals surface area contributed by atoms with Gasteiger partial charge in [-0.05, 0) is 91.3 Å². The number of halogens is 2. The molecule has 6 nitrogen and oxygen atoms in total. The van der Waals surface area contributed by atoms with E-state index < -0.39 is 5.91 Å². The highest BCUT2D eigenvalue weighted by Crippen LogP contribution is 2.41. The van der Waals surface area contributed by atoms with E-state index in [1.165, 1.54) is 12.1 Å². The third kappa shape index (κ3) is 5.33. The molecule has 3 aromatic rings. The minimum Gasteiger partial charge on any atom is -0.378 e. The van der Waals surface area contributed by atoms with Gasteiger partial charge in [0.2, 0.25) is 0 Å². The number of carbonyl (C=O) groups is 2. The molecule has 38 heavy (non-hydrogen) atoms. The van der Waals surface area contributed by atoms with Crippen molar-refractivity contribution in [3.63, 3.8) is 0 Å². The third-order valence-electron chi connectivity index (χ3n) is 6.77. The maximum absolute atomic E-state index is 13.7. The minimum atomic E-state index is -0.574. The molecule has 0 bridgehead atoms. The van der Waals surface area contributed by atoms with Crippen LogP contribution < -0.4 is 16.1 Å². The lowest BCUT2D eigenvalue weighted by molar-refractivity contribution is -0.112. The summed E-state index contributed by atoms with van der Waals surface area (Å²) >= 11 is 7.85. The summed E-state index contributed by atoms with van der Waals surface area (Å²) in [5, 5.41) is 9.99. The smallest absolute Gasteiger partial charge is 0.264 e. The van der Waals surface area contributed by atoms with Gasteiger partial charge < -0.3 is 11.1 Å². The first-order chi connectivity index (χ1) is 18.3. The molecular weight excluding hydrogens is 523 g/mol. The zero-order valence-corrected chi connectivity index (χ0v) is 22.3. The number of amides is 1. The number of aryl methyl sites for hydroxylation is 1. The maximum atomic E-state index is 13.7. The molecule has 0 unspecified atom stereocenters. The summed E-state index contributed by atoms with van der Waals surface area (Å²) in [5.74, 6) is -1.04. The van der Waals surface area contributed by atoms with Crippen LogP contribution in [0.4, 0.5) is 15.8 Å². The number of thioether (sulfide) groups is 1. The van der Waals surface area contributed by atoms with Crippen LogP contribution in [0.25, 0.3) is 5.70 Å². The number of hydrogen-bond acceptors (Lipinski definition) is 6. The molecule has 3 aromatic carbocycles. The highest BCUT2D eigenvalue weighted by Gasteiger charge is 2.29. The molecular formula is C29H26ClFN4O2S. The summed E-state index contributed by atoms with van der Waals surface area (Å²) < 4.78 is 13.7. The van der Waals surface area contributed by atoms with Gasteiger partial charge in [0.05, 0.1) is 23.0 Å². The number of nitrogens with two attached hydrogens (primary N) is 1. The van der Waals surface area contributed by atoms with Gasteiger partial charge in [-0.25, -0.2) is 9.40 Å². The molecule has 1 amide bonds. The van der Waals surface area contributed by atoms with Gasteiger partial charge in [0, 0.05) is 28.1 Å². The van der Waals surface area contributed by atoms with E-state index in [4.69, 9.17) is 17.3 Å². The highest BCUT2D eigenvalue weighted by atomic mass is 35.5. The number of carbonyl (C=O) groups excluding carboxylic acids is 2. The first-order valence-corrected chi connectivity index (χ1v) is 13.8. The van der Waals surface area contributed by atoms with Crippen molar-refractivity contribution in [2.75, 3.05) is 23.1 Å². The second kappa shape index (κ2) is 11.0. The molecule has 0 saturated carbocycles. The summed E-state index contributed by atoms with van der Waals surface area (Å²) in [4.78, 5) is 26.0. The van der Waals surface area contributed by atoms with Crippen LogP contribution in [0, 0.1) is 5.82 Å². The van der Waals surface area contributed by atoms with E-state index in [-0.39, 0.29) is 23.9 Å². The van der Waals surface area contributed by atoms with Gasteiger partial charge in [0.15, 0.2) is 5.78 Å². The Bertz CT molecular complexity index is 1490. The number of nitrogens with zero attached hydrogens (tertiary/aromatic N) is 2. The third-order valence-corrected chi connectivity index (χ3v) is 7.83. The average Bonchev–Trinajstić information content (AvgIpc) is 3.13. The number of Topliss-reactive ketones (excluding diaryl/α,β-unsaturated/α-hetero) is 1. The Morgan fingerprint density at radius 3 is 2.55 bits per heavy atom. The van der Waals surface area contributed by atoms with Gasteiger partial charge in [-0.1, -0.05) is 17.7 Å². The molecule has 9 heteroatoms. The molecule has 0 fully saturated rings. The molecule has 194 valence electrons. The fraction of sp³-hybridized carbons (Fsp3) is 0.207. The molecule has 0 aromatic heterocycles. The van der Waals surface area contributed by atoms with Crippen molar-refractivity contribution in [2.45, 2.75) is 30.6 Å². The Morgan fingerprint density at radius 1 is 1.05 bits per heavy atom. The van der Waals surface area contributed by atoms with E-state index in [2.05, 4.69) is 10.4 Å². The van der Waals surface area contributed by atoms with E-state index in [1.807, 2.05) is 30.5 Å². The van der Waals surface area contributed by atoms with E-state index >= 15 is 0 Å². The number of hydrazone groups is 1. The lowest BCUT2D eigenvalue weighted by Gasteiger charge is -2.30. The average molecular weight is 549 g/mol. The number of rotatable bonds is 7. The number of benzene rings is 3. The predicted octanol–water partition coefficient (Wildman–Crippen LogP) is 6.29. The Hall–Kier alpha value is -3.62. The van der Waals surface area contributed by atoms with Crippen LogP contribution in [0.5, 0.6) is 0 Å². The molecule has 3 N–H and O–H groups in total. The van der Waals surface area contributed by atoms with Crippen LogP contribution in [-0.2, 0) is 11.2 Å². The second-order valence-corrected chi connectivity index (χ2v) is 10.4. The summed E-state index contributed by atoms with van der Waals surface area (Å²) in [6.07, 6.45) is 4.69. The van der Waals surface area contributed by atoms with Crippen LogP contribution in [0.3, 0.4) is 0 Å². The summed E-state index contributed by atoms with van der Waals surface area (Å²) in [7, 11) is 0. The number of hydrogen-bond donors (Lipinski definition) is 2. The van der Waals surface area contributed by atoms with Crippen LogP contribution in [0.15, 0.2) is 76.2 Å².